The van der Waals surface area contributed by atoms with E-state index in [2.05, 4.69) is 0 Å². The summed E-state index contributed by atoms with van der Waals surface area (Å²) in [6.45, 7) is 5.03. The van der Waals surface area contributed by atoms with Gasteiger partial charge in [0.2, 0.25) is 5.78 Å². The van der Waals surface area contributed by atoms with Crippen LogP contribution in [-0.4, -0.2) is 23.3 Å². The van der Waals surface area contributed by atoms with E-state index in [1.165, 1.54) is 6.07 Å². The molecule has 2 aromatic rings. The molecule has 0 fully saturated rings. The predicted molar refractivity (Wildman–Crippen MR) is 97.6 cm³/mol. The zero-order chi connectivity index (χ0) is 19.3. The van der Waals surface area contributed by atoms with Crippen LogP contribution in [0.1, 0.15) is 51.3 Å². The number of ether oxygens (including phenoxy) is 1. The Labute approximate surface area is 151 Å². The fourth-order valence-corrected chi connectivity index (χ4v) is 2.76. The highest BCUT2D eigenvalue weighted by molar-refractivity contribution is 6.01. The van der Waals surface area contributed by atoms with Crippen LogP contribution in [-0.2, 0) is 17.6 Å². The van der Waals surface area contributed by atoms with Gasteiger partial charge in [0.15, 0.2) is 6.61 Å². The average molecular weight is 355 g/mol. The second-order valence-corrected chi connectivity index (χ2v) is 5.93. The Morgan fingerprint density at radius 2 is 1.81 bits per heavy atom. The number of benzene rings is 2. The van der Waals surface area contributed by atoms with Crippen LogP contribution < -0.4 is 0 Å². The van der Waals surface area contributed by atoms with Gasteiger partial charge in [-0.2, -0.15) is 0 Å². The number of esters is 1. The van der Waals surface area contributed by atoms with Gasteiger partial charge in [0, 0.05) is 11.1 Å². The fraction of sp³-hybridized carbons (Fsp3) is 0.300. The molecule has 0 saturated carbocycles. The zero-order valence-electron chi connectivity index (χ0n) is 15.1. The van der Waals surface area contributed by atoms with Gasteiger partial charge in [0.1, 0.15) is 5.56 Å². The number of aryl methyl sites for hydroxylation is 3. The van der Waals surface area contributed by atoms with Crippen LogP contribution in [0.2, 0.25) is 0 Å². The normalized spacial score (nSPS) is 10.4. The number of hydrogen-bond acceptors (Lipinski definition) is 5. The standard InChI is InChI=1S/C20H21NO5/c1-4-14-9-10-15(5-2)17(11-14)18(22)12-26-20(23)16-8-6-7-13(3)19(16)21(24)25/h6-11H,4-5,12H2,1-3H3. The molecule has 0 aromatic heterocycles. The average Bonchev–Trinajstić information content (AvgIpc) is 2.64. The molecule has 0 aliphatic carbocycles. The molecule has 6 nitrogen and oxygen atoms in total. The largest absolute Gasteiger partial charge is 0.454 e. The van der Waals surface area contributed by atoms with Gasteiger partial charge in [0.25, 0.3) is 5.69 Å². The Kier molecular flexibility index (Phi) is 6.22. The molecule has 0 heterocycles. The quantitative estimate of drug-likeness (QED) is 0.323. The highest BCUT2D eigenvalue weighted by Gasteiger charge is 2.24. The molecule has 6 heteroatoms. The van der Waals surface area contributed by atoms with Crippen molar-refractivity contribution in [2.75, 3.05) is 6.61 Å². The number of hydrogen-bond donors (Lipinski definition) is 0. The molecule has 26 heavy (non-hydrogen) atoms. The lowest BCUT2D eigenvalue weighted by Crippen LogP contribution is -2.17. The van der Waals surface area contributed by atoms with Gasteiger partial charge in [-0.25, -0.2) is 4.79 Å². The van der Waals surface area contributed by atoms with Crippen molar-refractivity contribution in [3.05, 3.63) is 74.3 Å². The maximum absolute atomic E-state index is 12.5. The zero-order valence-corrected chi connectivity index (χ0v) is 15.1. The van der Waals surface area contributed by atoms with Gasteiger partial charge in [-0.15, -0.1) is 0 Å². The van der Waals surface area contributed by atoms with Crippen LogP contribution >= 0.6 is 0 Å². The van der Waals surface area contributed by atoms with Gasteiger partial charge < -0.3 is 4.74 Å². The summed E-state index contributed by atoms with van der Waals surface area (Å²) in [5.41, 5.74) is 2.34. The lowest BCUT2D eigenvalue weighted by atomic mass is 9.98. The van der Waals surface area contributed by atoms with E-state index in [1.54, 1.807) is 19.1 Å². The van der Waals surface area contributed by atoms with E-state index in [0.29, 0.717) is 17.5 Å². The van der Waals surface area contributed by atoms with Gasteiger partial charge in [0.05, 0.1) is 4.92 Å². The Morgan fingerprint density at radius 3 is 2.42 bits per heavy atom. The third kappa shape index (κ3) is 4.14. The van der Waals surface area contributed by atoms with E-state index >= 15 is 0 Å². The molecule has 0 unspecified atom stereocenters. The van der Waals surface area contributed by atoms with E-state index in [4.69, 9.17) is 4.74 Å². The lowest BCUT2D eigenvalue weighted by molar-refractivity contribution is -0.385. The van der Waals surface area contributed by atoms with Crippen molar-refractivity contribution in [1.82, 2.24) is 0 Å². The maximum atomic E-state index is 12.5. The Hall–Kier alpha value is -3.02. The van der Waals surface area contributed by atoms with Crippen molar-refractivity contribution in [3.63, 3.8) is 0 Å². The summed E-state index contributed by atoms with van der Waals surface area (Å²) >= 11 is 0. The molecule has 0 aliphatic rings. The molecule has 0 bridgehead atoms. The van der Waals surface area contributed by atoms with Gasteiger partial charge in [-0.1, -0.05) is 38.1 Å². The minimum Gasteiger partial charge on any atom is -0.454 e. The summed E-state index contributed by atoms with van der Waals surface area (Å²) in [7, 11) is 0. The van der Waals surface area contributed by atoms with Crippen LogP contribution in [0.3, 0.4) is 0 Å². The first-order chi connectivity index (χ1) is 12.4. The molecule has 0 aliphatic heterocycles. The van der Waals surface area contributed by atoms with Crippen molar-refractivity contribution in [2.45, 2.75) is 33.6 Å². The number of carbonyl (C=O) groups excluding carboxylic acids is 2. The van der Waals surface area contributed by atoms with Crippen LogP contribution in [0.4, 0.5) is 5.69 Å². The van der Waals surface area contributed by atoms with Crippen molar-refractivity contribution in [1.29, 1.82) is 0 Å². The molecule has 0 radical (unpaired) electrons. The van der Waals surface area contributed by atoms with E-state index in [9.17, 15) is 19.7 Å². The number of carbonyl (C=O) groups is 2. The number of nitro groups is 1. The van der Waals surface area contributed by atoms with Crippen LogP contribution in [0.15, 0.2) is 36.4 Å². The maximum Gasteiger partial charge on any atom is 0.345 e. The van der Waals surface area contributed by atoms with Crippen molar-refractivity contribution in [3.8, 4) is 0 Å². The monoisotopic (exact) mass is 355 g/mol. The SMILES string of the molecule is CCc1ccc(CC)c(C(=O)COC(=O)c2cccc(C)c2[N+](=O)[O-])c1. The summed E-state index contributed by atoms with van der Waals surface area (Å²) < 4.78 is 5.07. The highest BCUT2D eigenvalue weighted by Crippen LogP contribution is 2.24. The first kappa shape index (κ1) is 19.3. The first-order valence-corrected chi connectivity index (χ1v) is 8.45. The first-order valence-electron chi connectivity index (χ1n) is 8.45. The van der Waals surface area contributed by atoms with Crippen LogP contribution in [0.25, 0.3) is 0 Å². The Bertz CT molecular complexity index is 857. The summed E-state index contributed by atoms with van der Waals surface area (Å²) in [6.07, 6.45) is 1.47. The molecule has 2 rings (SSSR count). The summed E-state index contributed by atoms with van der Waals surface area (Å²) in [4.78, 5) is 35.3. The highest BCUT2D eigenvalue weighted by atomic mass is 16.6. The third-order valence-electron chi connectivity index (χ3n) is 4.24. The van der Waals surface area contributed by atoms with Crippen molar-refractivity contribution in [2.24, 2.45) is 0 Å². The number of nitrogens with zero attached hydrogens (tertiary/aromatic N) is 1. The number of nitro benzene ring substituents is 1. The third-order valence-corrected chi connectivity index (χ3v) is 4.24. The molecule has 136 valence electrons. The van der Waals surface area contributed by atoms with E-state index in [-0.39, 0.29) is 17.0 Å². The molecule has 2 aromatic carbocycles. The predicted octanol–water partition coefficient (Wildman–Crippen LogP) is 4.07. The Morgan fingerprint density at radius 1 is 1.08 bits per heavy atom. The molecule has 0 spiro atoms. The molecule has 0 amide bonds. The minimum atomic E-state index is -0.876. The van der Waals surface area contributed by atoms with Crippen molar-refractivity contribution < 1.29 is 19.2 Å². The van der Waals surface area contributed by atoms with E-state index in [0.717, 1.165) is 17.5 Å². The van der Waals surface area contributed by atoms with Crippen molar-refractivity contribution >= 4 is 17.4 Å². The summed E-state index contributed by atoms with van der Waals surface area (Å²) in [6, 6.07) is 10.1. The van der Waals surface area contributed by atoms with Gasteiger partial charge in [-0.05, 0) is 43.0 Å². The molecule has 0 N–H and O–H groups in total. The van der Waals surface area contributed by atoms with E-state index in [1.807, 2.05) is 32.0 Å². The van der Waals surface area contributed by atoms with Gasteiger partial charge in [-0.3, -0.25) is 14.9 Å². The van der Waals surface area contributed by atoms with Crippen LogP contribution in [0.5, 0.6) is 0 Å². The smallest absolute Gasteiger partial charge is 0.345 e. The van der Waals surface area contributed by atoms with Crippen LogP contribution in [0, 0.1) is 17.0 Å². The molecule has 0 saturated heterocycles. The number of rotatable bonds is 7. The fourth-order valence-electron chi connectivity index (χ4n) is 2.76. The Balaban J connectivity index is 2.19. The lowest BCUT2D eigenvalue weighted by Gasteiger charge is -2.10. The second kappa shape index (κ2) is 8.38. The number of Topliss-reactive ketones (excluding diaryl/α,β-unsaturated/α-hetero) is 1. The summed E-state index contributed by atoms with van der Waals surface area (Å²) in [5.74, 6) is -1.20. The topological polar surface area (TPSA) is 86.5 Å². The number of para-hydroxylation sites is 1. The van der Waals surface area contributed by atoms with Gasteiger partial charge >= 0.3 is 5.97 Å². The summed E-state index contributed by atoms with van der Waals surface area (Å²) in [5, 5.41) is 11.2. The molecular formula is C20H21NO5. The minimum absolute atomic E-state index is 0.152. The number of ketones is 1. The second-order valence-electron chi connectivity index (χ2n) is 5.93. The molecular weight excluding hydrogens is 334 g/mol. The van der Waals surface area contributed by atoms with E-state index < -0.39 is 17.5 Å². The molecule has 0 atom stereocenters.